The fourth-order valence-electron chi connectivity index (χ4n) is 3.50. The maximum Gasteiger partial charge on any atom is 0.258 e. The molecular weight excluding hydrogens is 290 g/mol. The molecule has 1 aromatic heterocycles. The molecular formula is C18H23N3O2. The van der Waals surface area contributed by atoms with Gasteiger partial charge in [-0.05, 0) is 30.4 Å². The number of para-hydroxylation sites is 1. The summed E-state index contributed by atoms with van der Waals surface area (Å²) in [5.41, 5.74) is 0.539. The maximum atomic E-state index is 12.4. The zero-order valence-electron chi connectivity index (χ0n) is 13.7. The Morgan fingerprint density at radius 3 is 2.70 bits per heavy atom. The van der Waals surface area contributed by atoms with Crippen LogP contribution in [0.15, 0.2) is 29.1 Å². The highest BCUT2D eigenvalue weighted by molar-refractivity contribution is 5.78. The van der Waals surface area contributed by atoms with Gasteiger partial charge >= 0.3 is 0 Å². The average Bonchev–Trinajstić information content (AvgIpc) is 2.52. The molecule has 122 valence electrons. The smallest absolute Gasteiger partial charge is 0.258 e. The summed E-state index contributed by atoms with van der Waals surface area (Å²) in [5.74, 6) is 1.85. The highest BCUT2D eigenvalue weighted by Gasteiger charge is 2.25. The number of likely N-dealkylation sites (tertiary alicyclic amines) is 1. The van der Waals surface area contributed by atoms with E-state index in [1.165, 1.54) is 6.42 Å². The van der Waals surface area contributed by atoms with Crippen molar-refractivity contribution in [1.82, 2.24) is 14.9 Å². The summed E-state index contributed by atoms with van der Waals surface area (Å²) < 4.78 is 0. The van der Waals surface area contributed by atoms with E-state index in [-0.39, 0.29) is 11.5 Å². The van der Waals surface area contributed by atoms with Gasteiger partial charge in [-0.2, -0.15) is 0 Å². The first-order valence-electron chi connectivity index (χ1n) is 8.28. The summed E-state index contributed by atoms with van der Waals surface area (Å²) in [4.78, 5) is 33.7. The van der Waals surface area contributed by atoms with Crippen LogP contribution in [0.25, 0.3) is 10.9 Å². The van der Waals surface area contributed by atoms with Crippen molar-refractivity contribution in [3.63, 3.8) is 0 Å². The van der Waals surface area contributed by atoms with E-state index in [0.717, 1.165) is 13.1 Å². The number of benzene rings is 1. The van der Waals surface area contributed by atoms with E-state index in [9.17, 15) is 9.59 Å². The van der Waals surface area contributed by atoms with Crippen molar-refractivity contribution in [2.75, 3.05) is 13.1 Å². The maximum absolute atomic E-state index is 12.4. The van der Waals surface area contributed by atoms with Crippen LogP contribution in [-0.4, -0.2) is 33.9 Å². The number of fused-ring (bicyclic) bond motifs is 1. The van der Waals surface area contributed by atoms with E-state index in [1.807, 2.05) is 23.1 Å². The molecule has 0 bridgehead atoms. The van der Waals surface area contributed by atoms with Crippen LogP contribution >= 0.6 is 0 Å². The monoisotopic (exact) mass is 313 g/mol. The number of nitrogens with zero attached hydrogens (tertiary/aromatic N) is 2. The van der Waals surface area contributed by atoms with Gasteiger partial charge in [0.2, 0.25) is 5.91 Å². The number of aryl methyl sites for hydroxylation is 1. The predicted octanol–water partition coefficient (Wildman–Crippen LogP) is 2.36. The van der Waals surface area contributed by atoms with Crippen molar-refractivity contribution in [2.45, 2.75) is 33.1 Å². The number of amides is 1. The Bertz CT molecular complexity index is 758. The molecule has 2 unspecified atom stereocenters. The highest BCUT2D eigenvalue weighted by atomic mass is 16.2. The van der Waals surface area contributed by atoms with Crippen molar-refractivity contribution in [1.29, 1.82) is 0 Å². The molecule has 2 aromatic rings. The summed E-state index contributed by atoms with van der Waals surface area (Å²) in [5, 5.41) is 0.584. The Morgan fingerprint density at radius 2 is 1.96 bits per heavy atom. The third-order valence-electron chi connectivity index (χ3n) is 4.46. The number of rotatable bonds is 3. The van der Waals surface area contributed by atoms with E-state index in [1.54, 1.807) is 6.07 Å². The molecule has 1 saturated heterocycles. The third-order valence-corrected chi connectivity index (χ3v) is 4.46. The molecule has 5 heteroatoms. The summed E-state index contributed by atoms with van der Waals surface area (Å²) in [6.45, 7) is 6.06. The molecule has 23 heavy (non-hydrogen) atoms. The molecule has 3 rings (SSSR count). The highest BCUT2D eigenvalue weighted by Crippen LogP contribution is 2.21. The molecule has 1 fully saturated rings. The van der Waals surface area contributed by atoms with E-state index in [0.29, 0.717) is 41.4 Å². The normalized spacial score (nSPS) is 21.6. The molecule has 2 atom stereocenters. The van der Waals surface area contributed by atoms with Gasteiger partial charge in [-0.1, -0.05) is 26.0 Å². The number of H-pyrrole nitrogens is 1. The van der Waals surface area contributed by atoms with Crippen LogP contribution in [0.3, 0.4) is 0 Å². The van der Waals surface area contributed by atoms with Gasteiger partial charge in [-0.25, -0.2) is 4.98 Å². The molecule has 5 nitrogen and oxygen atoms in total. The van der Waals surface area contributed by atoms with Crippen LogP contribution in [0.1, 0.15) is 32.5 Å². The first-order valence-corrected chi connectivity index (χ1v) is 8.28. The van der Waals surface area contributed by atoms with Crippen LogP contribution < -0.4 is 5.56 Å². The molecule has 1 N–H and O–H groups in total. The topological polar surface area (TPSA) is 66.1 Å². The summed E-state index contributed by atoms with van der Waals surface area (Å²) in [6.07, 6.45) is 2.04. The van der Waals surface area contributed by atoms with Crippen molar-refractivity contribution in [3.05, 3.63) is 40.4 Å². The number of hydrogen-bond acceptors (Lipinski definition) is 3. The van der Waals surface area contributed by atoms with E-state index >= 15 is 0 Å². The van der Waals surface area contributed by atoms with E-state index in [2.05, 4.69) is 23.8 Å². The van der Waals surface area contributed by atoms with Crippen molar-refractivity contribution < 1.29 is 4.79 Å². The minimum atomic E-state index is -0.140. The molecule has 0 saturated carbocycles. The Labute approximate surface area is 135 Å². The summed E-state index contributed by atoms with van der Waals surface area (Å²) in [6, 6.07) is 7.26. The number of hydrogen-bond donors (Lipinski definition) is 1. The second kappa shape index (κ2) is 6.52. The first kappa shape index (κ1) is 15.7. The van der Waals surface area contributed by atoms with Crippen molar-refractivity contribution in [3.8, 4) is 0 Å². The minimum Gasteiger partial charge on any atom is -0.342 e. The van der Waals surface area contributed by atoms with E-state index in [4.69, 9.17) is 0 Å². The lowest BCUT2D eigenvalue weighted by Crippen LogP contribution is -2.42. The lowest BCUT2D eigenvalue weighted by Gasteiger charge is -2.35. The van der Waals surface area contributed by atoms with Crippen LogP contribution in [0.4, 0.5) is 0 Å². The average molecular weight is 313 g/mol. The SMILES string of the molecule is CC1CC(C)CN(C(=O)CCc2nc3ccccc3c(=O)[nH]2)C1. The molecule has 1 amide bonds. The van der Waals surface area contributed by atoms with Crippen LogP contribution in [0.2, 0.25) is 0 Å². The van der Waals surface area contributed by atoms with Crippen molar-refractivity contribution in [2.24, 2.45) is 11.8 Å². The van der Waals surface area contributed by atoms with Crippen LogP contribution in [-0.2, 0) is 11.2 Å². The van der Waals surface area contributed by atoms with Gasteiger partial charge in [0.25, 0.3) is 5.56 Å². The number of carbonyl (C=O) groups is 1. The number of aromatic nitrogens is 2. The molecule has 1 aliphatic rings. The Balaban J connectivity index is 1.68. The molecule has 0 radical (unpaired) electrons. The second-order valence-electron chi connectivity index (χ2n) is 6.77. The van der Waals surface area contributed by atoms with Crippen molar-refractivity contribution >= 4 is 16.8 Å². The largest absolute Gasteiger partial charge is 0.342 e. The van der Waals surface area contributed by atoms with Gasteiger partial charge in [0.1, 0.15) is 5.82 Å². The molecule has 0 spiro atoms. The first-order chi connectivity index (χ1) is 11.0. The standard InChI is InChI=1S/C18H23N3O2/c1-12-9-13(2)11-21(10-12)17(22)8-7-16-19-15-6-4-3-5-14(15)18(23)20-16/h3-6,12-13H,7-11H2,1-2H3,(H,19,20,23). The van der Waals surface area contributed by atoms with Gasteiger partial charge in [0.05, 0.1) is 10.9 Å². The molecule has 0 aliphatic carbocycles. The van der Waals surface area contributed by atoms with E-state index < -0.39 is 0 Å². The Morgan fingerprint density at radius 1 is 1.26 bits per heavy atom. The zero-order chi connectivity index (χ0) is 16.4. The second-order valence-corrected chi connectivity index (χ2v) is 6.77. The van der Waals surface area contributed by atoms with Crippen LogP contribution in [0, 0.1) is 11.8 Å². The Kier molecular flexibility index (Phi) is 4.46. The number of aromatic amines is 1. The number of nitrogens with one attached hydrogen (secondary N) is 1. The minimum absolute atomic E-state index is 0.140. The molecule has 2 heterocycles. The van der Waals surface area contributed by atoms with Gasteiger partial charge in [-0.15, -0.1) is 0 Å². The molecule has 1 aliphatic heterocycles. The summed E-state index contributed by atoms with van der Waals surface area (Å²) in [7, 11) is 0. The van der Waals surface area contributed by atoms with Crippen LogP contribution in [0.5, 0.6) is 0 Å². The third kappa shape index (κ3) is 3.60. The quantitative estimate of drug-likeness (QED) is 0.946. The fourth-order valence-corrected chi connectivity index (χ4v) is 3.50. The lowest BCUT2D eigenvalue weighted by molar-refractivity contribution is -0.133. The Hall–Kier alpha value is -2.17. The fraction of sp³-hybridized carbons (Fsp3) is 0.500. The summed E-state index contributed by atoms with van der Waals surface area (Å²) >= 11 is 0. The predicted molar refractivity (Wildman–Crippen MR) is 90.2 cm³/mol. The number of piperidine rings is 1. The lowest BCUT2D eigenvalue weighted by atomic mass is 9.91. The van der Waals surface area contributed by atoms with Gasteiger partial charge < -0.3 is 9.88 Å². The van der Waals surface area contributed by atoms with Gasteiger partial charge in [0.15, 0.2) is 0 Å². The molecule has 1 aromatic carbocycles. The van der Waals surface area contributed by atoms with Gasteiger partial charge in [0, 0.05) is 25.9 Å². The number of carbonyl (C=O) groups excluding carboxylic acids is 1. The van der Waals surface area contributed by atoms with Gasteiger partial charge in [-0.3, -0.25) is 9.59 Å². The zero-order valence-corrected chi connectivity index (χ0v) is 13.7.